The second-order valence-electron chi connectivity index (χ2n) is 6.06. The molecule has 0 radical (unpaired) electrons. The van der Waals surface area contributed by atoms with Gasteiger partial charge in [-0.05, 0) is 19.1 Å². The van der Waals surface area contributed by atoms with E-state index in [0.29, 0.717) is 5.56 Å². The molecular formula is C18H16N3NaO5S2. The van der Waals surface area contributed by atoms with Crippen LogP contribution < -0.4 is 34.9 Å². The van der Waals surface area contributed by atoms with Gasteiger partial charge < -0.3 is 9.87 Å². The van der Waals surface area contributed by atoms with Crippen molar-refractivity contribution in [3.63, 3.8) is 0 Å². The Morgan fingerprint density at radius 3 is 2.34 bits per heavy atom. The van der Waals surface area contributed by atoms with Crippen molar-refractivity contribution in [2.24, 2.45) is 4.40 Å². The van der Waals surface area contributed by atoms with Gasteiger partial charge in [-0.25, -0.2) is 17.1 Å². The predicted molar refractivity (Wildman–Crippen MR) is 103 cm³/mol. The minimum absolute atomic E-state index is 0. The Morgan fingerprint density at radius 2 is 1.79 bits per heavy atom. The monoisotopic (exact) mass is 441 g/mol. The fourth-order valence-corrected chi connectivity index (χ4v) is 3.77. The normalized spacial score (nSPS) is 16.6. The molecule has 1 unspecified atom stereocenters. The van der Waals surface area contributed by atoms with Crippen LogP contribution in [0.15, 0.2) is 63.9 Å². The number of benzene rings is 2. The van der Waals surface area contributed by atoms with Crippen molar-refractivity contribution in [3.05, 3.63) is 65.7 Å². The maximum atomic E-state index is 12.7. The average molecular weight is 441 g/mol. The third kappa shape index (κ3) is 5.91. The number of amides is 2. The number of nitrogens with zero attached hydrogens (tertiary/aromatic N) is 2. The second kappa shape index (κ2) is 9.88. The molecule has 11 heteroatoms. The van der Waals surface area contributed by atoms with Gasteiger partial charge >= 0.3 is 29.6 Å². The molecule has 2 amide bonds. The molecule has 1 aliphatic rings. The minimum atomic E-state index is -4.86. The van der Waals surface area contributed by atoms with E-state index >= 15 is 0 Å². The number of nitrogens with one attached hydrogen (secondary N) is 1. The van der Waals surface area contributed by atoms with Crippen LogP contribution >= 0.6 is 11.9 Å². The standard InChI is InChI=1S/C18H17N3O5S2.Na/c1-12-7-9-14(10-8-12)27-20-16(13-5-3-2-4-6-13)17(22)19-15-11-21(18(15)23)28(24,25)26;/h2-10,15H,11H2,1H3,(H,19,22)(H,24,25,26);/q;+1/p-1/b20-16+;. The summed E-state index contributed by atoms with van der Waals surface area (Å²) in [5.41, 5.74) is 1.72. The van der Waals surface area contributed by atoms with Gasteiger partial charge in [0.05, 0.1) is 6.54 Å². The second-order valence-corrected chi connectivity index (χ2v) is 8.20. The Kier molecular flexibility index (Phi) is 8.03. The minimum Gasteiger partial charge on any atom is -0.731 e. The fraction of sp³-hybridized carbons (Fsp3) is 0.167. The first-order chi connectivity index (χ1) is 13.3. The number of hydrogen-bond donors (Lipinski definition) is 1. The van der Waals surface area contributed by atoms with E-state index in [2.05, 4.69) is 9.71 Å². The molecule has 0 aromatic heterocycles. The molecule has 0 spiro atoms. The van der Waals surface area contributed by atoms with Crippen molar-refractivity contribution in [1.29, 1.82) is 0 Å². The zero-order valence-corrected chi connectivity index (χ0v) is 19.4. The summed E-state index contributed by atoms with van der Waals surface area (Å²) in [6.07, 6.45) is 0. The molecule has 29 heavy (non-hydrogen) atoms. The van der Waals surface area contributed by atoms with Crippen LogP contribution in [0.25, 0.3) is 0 Å². The van der Waals surface area contributed by atoms with Crippen LogP contribution in [0.1, 0.15) is 11.1 Å². The molecule has 1 N–H and O–H groups in total. The maximum absolute atomic E-state index is 12.7. The van der Waals surface area contributed by atoms with Crippen molar-refractivity contribution in [2.45, 2.75) is 17.9 Å². The van der Waals surface area contributed by atoms with Gasteiger partial charge in [-0.2, -0.15) is 0 Å². The molecule has 0 aliphatic carbocycles. The van der Waals surface area contributed by atoms with E-state index in [1.807, 2.05) is 31.2 Å². The molecule has 0 saturated carbocycles. The van der Waals surface area contributed by atoms with Crippen LogP contribution in [0.2, 0.25) is 0 Å². The average Bonchev–Trinajstić information content (AvgIpc) is 2.66. The molecular weight excluding hydrogens is 425 g/mol. The van der Waals surface area contributed by atoms with Crippen molar-refractivity contribution in [2.75, 3.05) is 6.54 Å². The Morgan fingerprint density at radius 1 is 1.17 bits per heavy atom. The van der Waals surface area contributed by atoms with Gasteiger partial charge in [0.15, 0.2) is 10.3 Å². The quantitative estimate of drug-likeness (QED) is 0.187. The van der Waals surface area contributed by atoms with Crippen LogP contribution in [0.3, 0.4) is 0 Å². The third-order valence-corrected chi connectivity index (χ3v) is 5.62. The van der Waals surface area contributed by atoms with Gasteiger partial charge in [0.2, 0.25) is 0 Å². The van der Waals surface area contributed by atoms with Crippen LogP contribution in [0.5, 0.6) is 0 Å². The van der Waals surface area contributed by atoms with Crippen molar-refractivity contribution >= 4 is 39.8 Å². The number of aryl methyl sites for hydroxylation is 1. The van der Waals surface area contributed by atoms with Gasteiger partial charge in [-0.3, -0.25) is 9.59 Å². The molecule has 0 bridgehead atoms. The molecule has 2 aromatic rings. The van der Waals surface area contributed by atoms with Crippen molar-refractivity contribution < 1.29 is 52.1 Å². The van der Waals surface area contributed by atoms with E-state index < -0.39 is 28.2 Å². The fourth-order valence-electron chi connectivity index (χ4n) is 2.45. The van der Waals surface area contributed by atoms with Gasteiger partial charge in [0, 0.05) is 22.4 Å². The van der Waals surface area contributed by atoms with E-state index in [-0.39, 0.29) is 46.1 Å². The number of hydrogen-bond acceptors (Lipinski definition) is 7. The summed E-state index contributed by atoms with van der Waals surface area (Å²) in [5.74, 6) is -1.59. The number of carbonyl (C=O) groups is 2. The maximum Gasteiger partial charge on any atom is 1.00 e. The summed E-state index contributed by atoms with van der Waals surface area (Å²) in [6, 6.07) is 15.2. The number of β-lactam (4-membered cyclic amide) rings is 1. The van der Waals surface area contributed by atoms with E-state index in [1.165, 1.54) is 0 Å². The molecule has 1 atom stereocenters. The summed E-state index contributed by atoms with van der Waals surface area (Å²) >= 11 is 1.10. The molecule has 2 aromatic carbocycles. The van der Waals surface area contributed by atoms with Gasteiger partial charge in [-0.15, -0.1) is 0 Å². The smallest absolute Gasteiger partial charge is 0.731 e. The summed E-state index contributed by atoms with van der Waals surface area (Å²) in [5, 5.41) is 2.43. The molecule has 1 saturated heterocycles. The first-order valence-corrected chi connectivity index (χ1v) is 10.3. The van der Waals surface area contributed by atoms with Crippen LogP contribution in [0, 0.1) is 6.92 Å². The third-order valence-electron chi connectivity index (χ3n) is 3.99. The number of carbonyl (C=O) groups excluding carboxylic acids is 2. The SMILES string of the molecule is Cc1ccc(S/N=C(/C(=O)NC2CN(S(=O)(=O)[O-])C2=O)c2ccccc2)cc1.[Na+]. The topological polar surface area (TPSA) is 119 Å². The zero-order valence-electron chi connectivity index (χ0n) is 15.7. The molecule has 8 nitrogen and oxygen atoms in total. The van der Waals surface area contributed by atoms with Gasteiger partial charge in [0.1, 0.15) is 11.8 Å². The van der Waals surface area contributed by atoms with E-state index in [1.54, 1.807) is 30.3 Å². The molecule has 1 aliphatic heterocycles. The van der Waals surface area contributed by atoms with Crippen molar-refractivity contribution in [1.82, 2.24) is 9.62 Å². The first kappa shape index (κ1) is 23.6. The summed E-state index contributed by atoms with van der Waals surface area (Å²) in [7, 11) is -4.86. The Bertz CT molecular complexity index is 1030. The predicted octanol–water partition coefficient (Wildman–Crippen LogP) is -1.72. The summed E-state index contributed by atoms with van der Waals surface area (Å²) in [6.45, 7) is 1.57. The van der Waals surface area contributed by atoms with E-state index in [0.717, 1.165) is 22.4 Å². The number of rotatable bonds is 6. The van der Waals surface area contributed by atoms with E-state index in [4.69, 9.17) is 0 Å². The Balaban J connectivity index is 0.00000300. The molecule has 3 rings (SSSR count). The molecule has 146 valence electrons. The molecule has 1 fully saturated rings. The Labute approximate surface area is 195 Å². The van der Waals surface area contributed by atoms with Gasteiger partial charge in [-0.1, -0.05) is 48.0 Å². The van der Waals surface area contributed by atoms with Crippen molar-refractivity contribution in [3.8, 4) is 0 Å². The molecule has 1 heterocycles. The summed E-state index contributed by atoms with van der Waals surface area (Å²) < 4.78 is 37.2. The largest absolute Gasteiger partial charge is 1.00 e. The Hall–Kier alpha value is -1.69. The zero-order chi connectivity index (χ0) is 20.3. The van der Waals surface area contributed by atoms with Crippen LogP contribution in [-0.4, -0.2) is 47.4 Å². The van der Waals surface area contributed by atoms with Crippen LogP contribution in [0.4, 0.5) is 0 Å². The summed E-state index contributed by atoms with van der Waals surface area (Å²) in [4.78, 5) is 25.3. The van der Waals surface area contributed by atoms with Crippen LogP contribution in [-0.2, 0) is 19.9 Å². The first-order valence-electron chi connectivity index (χ1n) is 8.21. The van der Waals surface area contributed by atoms with Gasteiger partial charge in [0.25, 0.3) is 11.8 Å². The van der Waals surface area contributed by atoms with E-state index in [9.17, 15) is 22.6 Å².